The number of rotatable bonds is 5. The van der Waals surface area contributed by atoms with Crippen LogP contribution in [-0.4, -0.2) is 13.1 Å². The van der Waals surface area contributed by atoms with E-state index in [1.165, 1.54) is 14.0 Å². The Kier molecular flexibility index (Phi) is 5.05. The minimum absolute atomic E-state index is 0.379. The van der Waals surface area contributed by atoms with Gasteiger partial charge in [-0.25, -0.2) is 0 Å². The summed E-state index contributed by atoms with van der Waals surface area (Å²) in [7, 11) is 1.54. The van der Waals surface area contributed by atoms with E-state index in [9.17, 15) is 4.79 Å². The number of benzene rings is 2. The molecule has 0 radical (unpaired) electrons. The summed E-state index contributed by atoms with van der Waals surface area (Å²) in [5.74, 6) is 3.15. The van der Waals surface area contributed by atoms with Crippen molar-refractivity contribution in [1.82, 2.24) is 0 Å². The number of terminal acetylenes is 1. The molecule has 0 aliphatic heterocycles. The van der Waals surface area contributed by atoms with Crippen molar-refractivity contribution < 1.29 is 14.3 Å². The van der Waals surface area contributed by atoms with Gasteiger partial charge < -0.3 is 14.8 Å². The van der Waals surface area contributed by atoms with Crippen LogP contribution in [0, 0.1) is 12.3 Å². The van der Waals surface area contributed by atoms with Crippen LogP contribution in [0.15, 0.2) is 42.5 Å². The smallest absolute Gasteiger partial charge is 0.308 e. The second kappa shape index (κ2) is 7.19. The average Bonchev–Trinajstić information content (AvgIpc) is 2.53. The van der Waals surface area contributed by atoms with Crippen molar-refractivity contribution in [3.63, 3.8) is 0 Å². The first-order valence-electron chi connectivity index (χ1n) is 6.78. The molecule has 2 rings (SSSR count). The molecule has 0 aliphatic carbocycles. The summed E-state index contributed by atoms with van der Waals surface area (Å²) in [6.07, 6.45) is 5.38. The fourth-order valence-electron chi connectivity index (χ4n) is 1.98. The van der Waals surface area contributed by atoms with Gasteiger partial charge in [-0.3, -0.25) is 4.79 Å². The number of esters is 1. The summed E-state index contributed by atoms with van der Waals surface area (Å²) in [5, 5.41) is 3.29. The Hall–Kier alpha value is -2.93. The van der Waals surface area contributed by atoms with Crippen molar-refractivity contribution in [2.45, 2.75) is 13.5 Å². The maximum atomic E-state index is 11.0. The third kappa shape index (κ3) is 4.03. The molecule has 1 N–H and O–H groups in total. The van der Waals surface area contributed by atoms with Gasteiger partial charge >= 0.3 is 5.97 Å². The molecule has 0 aromatic heterocycles. The average molecular weight is 295 g/mol. The summed E-state index contributed by atoms with van der Waals surface area (Å²) in [4.78, 5) is 11.0. The Balaban J connectivity index is 2.09. The predicted molar refractivity (Wildman–Crippen MR) is 86.0 cm³/mol. The Labute approximate surface area is 130 Å². The number of hydrogen-bond donors (Lipinski definition) is 1. The lowest BCUT2D eigenvalue weighted by atomic mass is 10.1. The summed E-state index contributed by atoms with van der Waals surface area (Å²) in [6.45, 7) is 1.96. The molecule has 0 amide bonds. The van der Waals surface area contributed by atoms with Crippen LogP contribution >= 0.6 is 0 Å². The second-order valence-corrected chi connectivity index (χ2v) is 4.66. The lowest BCUT2D eigenvalue weighted by Crippen LogP contribution is -2.04. The zero-order chi connectivity index (χ0) is 15.9. The molecule has 22 heavy (non-hydrogen) atoms. The topological polar surface area (TPSA) is 47.6 Å². The van der Waals surface area contributed by atoms with Crippen molar-refractivity contribution in [3.05, 3.63) is 53.6 Å². The van der Waals surface area contributed by atoms with E-state index in [0.717, 1.165) is 16.8 Å². The molecule has 0 fully saturated rings. The molecular weight excluding hydrogens is 278 g/mol. The Morgan fingerprint density at radius 2 is 2.05 bits per heavy atom. The summed E-state index contributed by atoms with van der Waals surface area (Å²) >= 11 is 0. The van der Waals surface area contributed by atoms with Gasteiger partial charge in [0.25, 0.3) is 0 Å². The maximum Gasteiger partial charge on any atom is 0.308 e. The third-order valence-electron chi connectivity index (χ3n) is 3.01. The molecule has 0 saturated heterocycles. The van der Waals surface area contributed by atoms with E-state index in [0.29, 0.717) is 18.0 Å². The zero-order valence-corrected chi connectivity index (χ0v) is 12.6. The van der Waals surface area contributed by atoms with Gasteiger partial charge in [-0.1, -0.05) is 18.1 Å². The highest BCUT2D eigenvalue weighted by molar-refractivity contribution is 5.70. The molecule has 0 unspecified atom stereocenters. The zero-order valence-electron chi connectivity index (χ0n) is 12.6. The highest BCUT2D eigenvalue weighted by atomic mass is 16.6. The van der Waals surface area contributed by atoms with Gasteiger partial charge in [0.05, 0.1) is 7.11 Å². The van der Waals surface area contributed by atoms with Crippen molar-refractivity contribution in [1.29, 1.82) is 0 Å². The van der Waals surface area contributed by atoms with E-state index in [2.05, 4.69) is 11.2 Å². The van der Waals surface area contributed by atoms with Gasteiger partial charge in [0.1, 0.15) is 0 Å². The summed E-state index contributed by atoms with van der Waals surface area (Å²) in [5.41, 5.74) is 2.77. The first-order chi connectivity index (χ1) is 10.6. The summed E-state index contributed by atoms with van der Waals surface area (Å²) < 4.78 is 10.3. The number of carbonyl (C=O) groups is 1. The molecule has 0 saturated carbocycles. The molecule has 2 aromatic carbocycles. The largest absolute Gasteiger partial charge is 0.493 e. The first-order valence-corrected chi connectivity index (χ1v) is 6.78. The quantitative estimate of drug-likeness (QED) is 0.523. The second-order valence-electron chi connectivity index (χ2n) is 4.66. The maximum absolute atomic E-state index is 11.0. The highest BCUT2D eigenvalue weighted by Crippen LogP contribution is 2.28. The van der Waals surface area contributed by atoms with Crippen LogP contribution in [-0.2, 0) is 11.3 Å². The Morgan fingerprint density at radius 3 is 2.73 bits per heavy atom. The van der Waals surface area contributed by atoms with Crippen LogP contribution in [0.2, 0.25) is 0 Å². The van der Waals surface area contributed by atoms with E-state index in [-0.39, 0.29) is 5.97 Å². The SMILES string of the molecule is C#Cc1cccc(NCc2ccc(OC(C)=O)c(OC)c2)c1. The number of ether oxygens (including phenoxy) is 2. The van der Waals surface area contributed by atoms with Crippen LogP contribution in [0.25, 0.3) is 0 Å². The molecule has 0 spiro atoms. The van der Waals surface area contributed by atoms with Gasteiger partial charge in [0, 0.05) is 24.7 Å². The number of methoxy groups -OCH3 is 1. The lowest BCUT2D eigenvalue weighted by Gasteiger charge is -2.11. The molecular formula is C18H17NO3. The van der Waals surface area contributed by atoms with E-state index < -0.39 is 0 Å². The van der Waals surface area contributed by atoms with Crippen molar-refractivity contribution >= 4 is 11.7 Å². The van der Waals surface area contributed by atoms with Crippen LogP contribution in [0.3, 0.4) is 0 Å². The molecule has 0 heterocycles. The molecule has 4 heteroatoms. The lowest BCUT2D eigenvalue weighted by molar-refractivity contribution is -0.132. The Bertz CT molecular complexity index is 717. The molecule has 112 valence electrons. The van der Waals surface area contributed by atoms with Gasteiger partial charge in [-0.15, -0.1) is 6.42 Å². The minimum Gasteiger partial charge on any atom is -0.493 e. The predicted octanol–water partition coefficient (Wildman–Crippen LogP) is 3.21. The fraction of sp³-hybridized carbons (Fsp3) is 0.167. The third-order valence-corrected chi connectivity index (χ3v) is 3.01. The normalized spacial score (nSPS) is 9.68. The molecule has 0 bridgehead atoms. The first kappa shape index (κ1) is 15.5. The number of anilines is 1. The summed E-state index contributed by atoms with van der Waals surface area (Å²) in [6, 6.07) is 13.1. The molecule has 0 aliphatic rings. The van der Waals surface area contributed by atoms with E-state index in [1.807, 2.05) is 36.4 Å². The van der Waals surface area contributed by atoms with Crippen molar-refractivity contribution in [2.75, 3.05) is 12.4 Å². The van der Waals surface area contributed by atoms with Crippen LogP contribution in [0.4, 0.5) is 5.69 Å². The fourth-order valence-corrected chi connectivity index (χ4v) is 1.98. The number of carbonyl (C=O) groups excluding carboxylic acids is 1. The highest BCUT2D eigenvalue weighted by Gasteiger charge is 2.08. The van der Waals surface area contributed by atoms with Gasteiger partial charge in [-0.2, -0.15) is 0 Å². The molecule has 2 aromatic rings. The van der Waals surface area contributed by atoms with Crippen LogP contribution < -0.4 is 14.8 Å². The van der Waals surface area contributed by atoms with Crippen molar-refractivity contribution in [2.24, 2.45) is 0 Å². The van der Waals surface area contributed by atoms with E-state index in [1.54, 1.807) is 6.07 Å². The van der Waals surface area contributed by atoms with Gasteiger partial charge in [0.15, 0.2) is 11.5 Å². The Morgan fingerprint density at radius 1 is 1.23 bits per heavy atom. The molecule has 4 nitrogen and oxygen atoms in total. The molecule has 0 atom stereocenters. The van der Waals surface area contributed by atoms with E-state index >= 15 is 0 Å². The van der Waals surface area contributed by atoms with Crippen LogP contribution in [0.5, 0.6) is 11.5 Å². The van der Waals surface area contributed by atoms with Gasteiger partial charge in [0.2, 0.25) is 0 Å². The van der Waals surface area contributed by atoms with E-state index in [4.69, 9.17) is 15.9 Å². The monoisotopic (exact) mass is 295 g/mol. The van der Waals surface area contributed by atoms with Crippen molar-refractivity contribution in [3.8, 4) is 23.8 Å². The standard InChI is InChI=1S/C18H17NO3/c1-4-14-6-5-7-16(10-14)19-12-15-8-9-17(22-13(2)20)18(11-15)21-3/h1,5-11,19H,12H2,2-3H3. The van der Waals surface area contributed by atoms with Gasteiger partial charge in [-0.05, 0) is 35.9 Å². The number of nitrogens with one attached hydrogen (secondary N) is 1. The number of hydrogen-bond acceptors (Lipinski definition) is 4. The van der Waals surface area contributed by atoms with Crippen LogP contribution in [0.1, 0.15) is 18.1 Å². The minimum atomic E-state index is -0.379.